The summed E-state index contributed by atoms with van der Waals surface area (Å²) in [5.74, 6) is 1.22. The third-order valence-corrected chi connectivity index (χ3v) is 3.35. The van der Waals surface area contributed by atoms with Gasteiger partial charge in [0.25, 0.3) is 5.91 Å². The summed E-state index contributed by atoms with van der Waals surface area (Å²) in [5, 5.41) is 6.95. The van der Waals surface area contributed by atoms with Crippen molar-refractivity contribution < 1.29 is 19.0 Å². The quantitative estimate of drug-likeness (QED) is 0.568. The molecule has 0 aliphatic carbocycles. The zero-order valence-corrected chi connectivity index (χ0v) is 14.4. The molecule has 2 aromatic carbocycles. The van der Waals surface area contributed by atoms with Crippen LogP contribution in [0, 0.1) is 0 Å². The average Bonchev–Trinajstić information content (AvgIpc) is 2.66. The summed E-state index contributed by atoms with van der Waals surface area (Å²) in [5.41, 5.74) is 3.97. The Morgan fingerprint density at radius 3 is 2.36 bits per heavy atom. The Morgan fingerprint density at radius 2 is 1.72 bits per heavy atom. The first-order valence-electron chi connectivity index (χ1n) is 7.59. The standard InChI is InChI=1S/C18H21N3O4/c1-23-15-10-9-13(17(24-2)18(15)25-3)11-20-21-16(22)12-19-14-7-5-4-6-8-14/h4-11,19H,12H2,1-3H3,(H,21,22)/b20-11+. The van der Waals surface area contributed by atoms with Crippen LogP contribution in [0.2, 0.25) is 0 Å². The van der Waals surface area contributed by atoms with Crippen molar-refractivity contribution in [2.75, 3.05) is 33.2 Å². The van der Waals surface area contributed by atoms with E-state index in [2.05, 4.69) is 15.8 Å². The van der Waals surface area contributed by atoms with Crippen LogP contribution in [0.25, 0.3) is 0 Å². The highest BCUT2D eigenvalue weighted by Crippen LogP contribution is 2.38. The van der Waals surface area contributed by atoms with E-state index < -0.39 is 0 Å². The van der Waals surface area contributed by atoms with E-state index in [1.165, 1.54) is 20.4 Å². The summed E-state index contributed by atoms with van der Waals surface area (Å²) >= 11 is 0. The maximum Gasteiger partial charge on any atom is 0.259 e. The molecule has 0 aliphatic heterocycles. The lowest BCUT2D eigenvalue weighted by molar-refractivity contribution is -0.119. The lowest BCUT2D eigenvalue weighted by atomic mass is 10.2. The molecular weight excluding hydrogens is 322 g/mol. The first-order valence-corrected chi connectivity index (χ1v) is 7.59. The van der Waals surface area contributed by atoms with Crippen LogP contribution in [0.5, 0.6) is 17.2 Å². The molecule has 25 heavy (non-hydrogen) atoms. The zero-order chi connectivity index (χ0) is 18.1. The number of carbonyl (C=O) groups is 1. The minimum absolute atomic E-state index is 0.115. The Hall–Kier alpha value is -3.22. The number of nitrogens with zero attached hydrogens (tertiary/aromatic N) is 1. The van der Waals surface area contributed by atoms with Gasteiger partial charge in [-0.15, -0.1) is 0 Å². The van der Waals surface area contributed by atoms with Crippen molar-refractivity contribution in [1.82, 2.24) is 5.43 Å². The van der Waals surface area contributed by atoms with Crippen molar-refractivity contribution in [2.24, 2.45) is 5.10 Å². The molecule has 0 spiro atoms. The molecule has 0 bridgehead atoms. The summed E-state index contributed by atoms with van der Waals surface area (Å²) in [6, 6.07) is 12.9. The minimum atomic E-state index is -0.264. The highest BCUT2D eigenvalue weighted by molar-refractivity contribution is 5.88. The Balaban J connectivity index is 1.98. The van der Waals surface area contributed by atoms with Gasteiger partial charge >= 0.3 is 0 Å². The molecule has 2 rings (SSSR count). The number of anilines is 1. The van der Waals surface area contributed by atoms with Crippen LogP contribution >= 0.6 is 0 Å². The van der Waals surface area contributed by atoms with Gasteiger partial charge in [-0.05, 0) is 24.3 Å². The molecule has 0 radical (unpaired) electrons. The number of hydrazone groups is 1. The third-order valence-electron chi connectivity index (χ3n) is 3.35. The van der Waals surface area contributed by atoms with E-state index >= 15 is 0 Å². The molecule has 0 atom stereocenters. The molecule has 0 aliphatic rings. The van der Waals surface area contributed by atoms with Crippen molar-refractivity contribution in [1.29, 1.82) is 0 Å². The number of methoxy groups -OCH3 is 3. The molecule has 132 valence electrons. The molecule has 7 nitrogen and oxygen atoms in total. The summed E-state index contributed by atoms with van der Waals surface area (Å²) in [7, 11) is 4.60. The molecule has 0 saturated heterocycles. The van der Waals surface area contributed by atoms with Crippen LogP contribution in [-0.2, 0) is 4.79 Å². The number of hydrogen-bond acceptors (Lipinski definition) is 6. The summed E-state index contributed by atoms with van der Waals surface area (Å²) in [4.78, 5) is 11.8. The van der Waals surface area contributed by atoms with Crippen molar-refractivity contribution in [3.05, 3.63) is 48.0 Å². The predicted molar refractivity (Wildman–Crippen MR) is 96.8 cm³/mol. The Morgan fingerprint density at radius 1 is 1.00 bits per heavy atom. The first kappa shape index (κ1) is 18.1. The van der Waals surface area contributed by atoms with Gasteiger partial charge in [0.15, 0.2) is 11.5 Å². The molecule has 0 saturated carbocycles. The van der Waals surface area contributed by atoms with Gasteiger partial charge in [0.2, 0.25) is 5.75 Å². The first-order chi connectivity index (χ1) is 12.2. The fraction of sp³-hybridized carbons (Fsp3) is 0.222. The molecule has 0 unspecified atom stereocenters. The number of carbonyl (C=O) groups excluding carboxylic acids is 1. The average molecular weight is 343 g/mol. The topological polar surface area (TPSA) is 81.2 Å². The van der Waals surface area contributed by atoms with Gasteiger partial charge in [0, 0.05) is 11.3 Å². The van der Waals surface area contributed by atoms with Crippen LogP contribution in [0.1, 0.15) is 5.56 Å². The Labute approximate surface area is 146 Å². The normalized spacial score (nSPS) is 10.4. The maximum absolute atomic E-state index is 11.8. The second-order valence-corrected chi connectivity index (χ2v) is 4.94. The van der Waals surface area contributed by atoms with Gasteiger partial charge in [0.05, 0.1) is 34.1 Å². The lowest BCUT2D eigenvalue weighted by Gasteiger charge is -2.13. The van der Waals surface area contributed by atoms with Crippen LogP contribution < -0.4 is 25.0 Å². The van der Waals surface area contributed by atoms with Gasteiger partial charge in [0.1, 0.15) is 0 Å². The molecule has 0 fully saturated rings. The number of nitrogens with one attached hydrogen (secondary N) is 2. The Kier molecular flexibility index (Phi) is 6.65. The fourth-order valence-electron chi connectivity index (χ4n) is 2.18. The number of rotatable bonds is 8. The van der Waals surface area contributed by atoms with Crippen molar-refractivity contribution >= 4 is 17.8 Å². The van der Waals surface area contributed by atoms with Crippen molar-refractivity contribution in [3.8, 4) is 17.2 Å². The number of benzene rings is 2. The molecule has 1 amide bonds. The van der Waals surface area contributed by atoms with E-state index in [0.29, 0.717) is 22.8 Å². The van der Waals surface area contributed by atoms with E-state index in [-0.39, 0.29) is 12.5 Å². The third kappa shape index (κ3) is 4.87. The van der Waals surface area contributed by atoms with Gasteiger partial charge in [-0.1, -0.05) is 18.2 Å². The van der Waals surface area contributed by atoms with Crippen molar-refractivity contribution in [3.63, 3.8) is 0 Å². The minimum Gasteiger partial charge on any atom is -0.493 e. The van der Waals surface area contributed by atoms with Crippen LogP contribution in [-0.4, -0.2) is 40.0 Å². The monoisotopic (exact) mass is 343 g/mol. The molecule has 0 aromatic heterocycles. The highest BCUT2D eigenvalue weighted by Gasteiger charge is 2.14. The highest BCUT2D eigenvalue weighted by atomic mass is 16.5. The number of hydrogen-bond donors (Lipinski definition) is 2. The molecule has 2 N–H and O–H groups in total. The summed E-state index contributed by atoms with van der Waals surface area (Å²) < 4.78 is 15.9. The van der Waals surface area contributed by atoms with Crippen molar-refractivity contribution in [2.45, 2.75) is 0 Å². The fourth-order valence-corrected chi connectivity index (χ4v) is 2.18. The predicted octanol–water partition coefficient (Wildman–Crippen LogP) is 2.27. The molecule has 2 aromatic rings. The van der Waals surface area contributed by atoms with Gasteiger partial charge in [-0.25, -0.2) is 5.43 Å². The molecule has 0 heterocycles. The second-order valence-electron chi connectivity index (χ2n) is 4.94. The van der Waals surface area contributed by atoms with Gasteiger partial charge < -0.3 is 19.5 Å². The maximum atomic E-state index is 11.8. The van der Waals surface area contributed by atoms with E-state index in [1.54, 1.807) is 19.2 Å². The smallest absolute Gasteiger partial charge is 0.259 e. The summed E-state index contributed by atoms with van der Waals surface area (Å²) in [6.07, 6.45) is 1.49. The van der Waals surface area contributed by atoms with E-state index in [9.17, 15) is 4.79 Å². The summed E-state index contributed by atoms with van der Waals surface area (Å²) in [6.45, 7) is 0.115. The van der Waals surface area contributed by atoms with Crippen LogP contribution in [0.4, 0.5) is 5.69 Å². The number of amides is 1. The molecule has 7 heteroatoms. The lowest BCUT2D eigenvalue weighted by Crippen LogP contribution is -2.25. The van der Waals surface area contributed by atoms with E-state index in [1.807, 2.05) is 30.3 Å². The van der Waals surface area contributed by atoms with Gasteiger partial charge in [-0.2, -0.15) is 5.10 Å². The Bertz CT molecular complexity index is 733. The van der Waals surface area contributed by atoms with Crippen LogP contribution in [0.3, 0.4) is 0 Å². The van der Waals surface area contributed by atoms with Gasteiger partial charge in [-0.3, -0.25) is 4.79 Å². The molecular formula is C18H21N3O4. The second kappa shape index (κ2) is 9.17. The SMILES string of the molecule is COc1ccc(/C=N/NC(=O)CNc2ccccc2)c(OC)c1OC. The zero-order valence-electron chi connectivity index (χ0n) is 14.4. The number of para-hydroxylation sites is 1. The number of ether oxygens (including phenoxy) is 3. The van der Waals surface area contributed by atoms with Crippen LogP contribution in [0.15, 0.2) is 47.6 Å². The largest absolute Gasteiger partial charge is 0.493 e. The van der Waals surface area contributed by atoms with E-state index in [0.717, 1.165) is 5.69 Å². The van der Waals surface area contributed by atoms with E-state index in [4.69, 9.17) is 14.2 Å².